The van der Waals surface area contributed by atoms with Gasteiger partial charge in [0.1, 0.15) is 0 Å². The van der Waals surface area contributed by atoms with Crippen molar-refractivity contribution in [1.82, 2.24) is 14.4 Å². The highest BCUT2D eigenvalue weighted by Crippen LogP contribution is 2.38. The summed E-state index contributed by atoms with van der Waals surface area (Å²) in [5, 5.41) is 0. The Hall–Kier alpha value is -4.12. The molecule has 0 saturated carbocycles. The van der Waals surface area contributed by atoms with Gasteiger partial charge in [0, 0.05) is 50.0 Å². The summed E-state index contributed by atoms with van der Waals surface area (Å²) in [4.78, 5) is 32.1. The van der Waals surface area contributed by atoms with Crippen LogP contribution in [-0.4, -0.2) is 39.3 Å². The Morgan fingerprint density at radius 1 is 0.717 bits per heavy atom. The summed E-state index contributed by atoms with van der Waals surface area (Å²) in [5.74, 6) is 0.234. The molecule has 0 atom stereocenters. The van der Waals surface area contributed by atoms with Crippen molar-refractivity contribution in [3.05, 3.63) is 117 Å². The van der Waals surface area contributed by atoms with Crippen LogP contribution in [0.2, 0.25) is 0 Å². The average Bonchev–Trinajstić information content (AvgIpc) is 3.32. The SMILES string of the molecule is CCCCc1c(CCCC)c(-c2cc3c(cc2C(=O)N2CCc4ccccc4C2)CN(C(=O)Cc2ccccc2)CC3)n(C)c1C. The van der Waals surface area contributed by atoms with Gasteiger partial charge >= 0.3 is 0 Å². The first-order valence-electron chi connectivity index (χ1n) is 17.4. The first-order valence-corrected chi connectivity index (χ1v) is 17.4. The number of aromatic nitrogens is 1. The molecule has 2 aliphatic rings. The van der Waals surface area contributed by atoms with Crippen LogP contribution in [0, 0.1) is 6.92 Å². The summed E-state index contributed by atoms with van der Waals surface area (Å²) in [5.41, 5.74) is 13.2. The van der Waals surface area contributed by atoms with E-state index in [0.717, 1.165) is 67.2 Å². The van der Waals surface area contributed by atoms with Crippen LogP contribution in [0.5, 0.6) is 0 Å². The second-order valence-electron chi connectivity index (χ2n) is 13.3. The number of hydrogen-bond acceptors (Lipinski definition) is 2. The molecule has 0 saturated heterocycles. The molecular formula is C41H49N3O2. The van der Waals surface area contributed by atoms with Crippen molar-refractivity contribution in [2.24, 2.45) is 7.05 Å². The number of fused-ring (bicyclic) bond motifs is 2. The number of benzene rings is 3. The van der Waals surface area contributed by atoms with Gasteiger partial charge in [0.15, 0.2) is 0 Å². The van der Waals surface area contributed by atoms with Crippen molar-refractivity contribution in [3.63, 3.8) is 0 Å². The molecule has 0 unspecified atom stereocenters. The summed E-state index contributed by atoms with van der Waals surface area (Å²) < 4.78 is 2.36. The Bertz CT molecular complexity index is 1720. The maximum absolute atomic E-state index is 14.7. The number of carbonyl (C=O) groups excluding carboxylic acids is 2. The molecule has 6 rings (SSSR count). The standard InChI is InChI=1S/C41H49N3O2/c1-5-7-18-35-29(3)42(4)40(36(35)19-8-6-2)37-25-32-21-22-43(39(45)24-30-14-10-9-11-15-30)28-34(32)26-38(37)41(46)44-23-20-31-16-12-13-17-33(31)27-44/h9-17,25-26H,5-8,18-24,27-28H2,1-4H3. The molecule has 0 spiro atoms. The fourth-order valence-electron chi connectivity index (χ4n) is 7.50. The summed E-state index contributed by atoms with van der Waals surface area (Å²) in [6.45, 7) is 9.35. The summed E-state index contributed by atoms with van der Waals surface area (Å²) >= 11 is 0. The smallest absolute Gasteiger partial charge is 0.254 e. The third-order valence-corrected chi connectivity index (χ3v) is 10.3. The Balaban J connectivity index is 1.42. The number of hydrogen-bond donors (Lipinski definition) is 0. The zero-order valence-electron chi connectivity index (χ0n) is 28.2. The lowest BCUT2D eigenvalue weighted by Crippen LogP contribution is -2.38. The highest BCUT2D eigenvalue weighted by atomic mass is 16.2. The van der Waals surface area contributed by atoms with E-state index in [9.17, 15) is 9.59 Å². The molecule has 0 N–H and O–H groups in total. The number of unbranched alkanes of at least 4 members (excludes halogenated alkanes) is 2. The van der Waals surface area contributed by atoms with Crippen molar-refractivity contribution in [2.45, 2.75) is 91.6 Å². The lowest BCUT2D eigenvalue weighted by Gasteiger charge is -2.32. The molecule has 5 nitrogen and oxygen atoms in total. The van der Waals surface area contributed by atoms with E-state index in [1.807, 2.05) is 40.1 Å². The summed E-state index contributed by atoms with van der Waals surface area (Å²) in [7, 11) is 2.18. The molecule has 2 aliphatic heterocycles. The first kappa shape index (κ1) is 31.8. The van der Waals surface area contributed by atoms with Gasteiger partial charge in [0.05, 0.1) is 12.1 Å². The van der Waals surface area contributed by atoms with Crippen molar-refractivity contribution in [2.75, 3.05) is 13.1 Å². The molecule has 2 amide bonds. The van der Waals surface area contributed by atoms with E-state index in [0.29, 0.717) is 32.6 Å². The third-order valence-electron chi connectivity index (χ3n) is 10.3. The van der Waals surface area contributed by atoms with Gasteiger partial charge in [-0.3, -0.25) is 9.59 Å². The molecule has 5 heteroatoms. The van der Waals surface area contributed by atoms with Gasteiger partial charge in [-0.2, -0.15) is 0 Å². The van der Waals surface area contributed by atoms with Crippen LogP contribution in [0.4, 0.5) is 0 Å². The van der Waals surface area contributed by atoms with Crippen LogP contribution in [0.25, 0.3) is 11.3 Å². The van der Waals surface area contributed by atoms with E-state index < -0.39 is 0 Å². The molecule has 46 heavy (non-hydrogen) atoms. The molecule has 3 heterocycles. The first-order chi connectivity index (χ1) is 22.4. The van der Waals surface area contributed by atoms with Gasteiger partial charge in [-0.25, -0.2) is 0 Å². The van der Waals surface area contributed by atoms with Gasteiger partial charge in [-0.1, -0.05) is 81.3 Å². The van der Waals surface area contributed by atoms with Crippen LogP contribution in [0.3, 0.4) is 0 Å². The average molecular weight is 616 g/mol. The predicted octanol–water partition coefficient (Wildman–Crippen LogP) is 8.01. The molecule has 3 aromatic carbocycles. The molecular weight excluding hydrogens is 566 g/mol. The highest BCUT2D eigenvalue weighted by Gasteiger charge is 2.30. The number of amides is 2. The van der Waals surface area contributed by atoms with Crippen LogP contribution in [0.1, 0.15) is 94.5 Å². The Kier molecular flexibility index (Phi) is 9.77. The molecule has 0 radical (unpaired) electrons. The zero-order chi connectivity index (χ0) is 32.2. The lowest BCUT2D eigenvalue weighted by atomic mass is 9.88. The number of nitrogens with zero attached hydrogens (tertiary/aromatic N) is 3. The van der Waals surface area contributed by atoms with Crippen molar-refractivity contribution < 1.29 is 9.59 Å². The monoisotopic (exact) mass is 615 g/mol. The van der Waals surface area contributed by atoms with Crippen molar-refractivity contribution in [1.29, 1.82) is 0 Å². The van der Waals surface area contributed by atoms with Crippen molar-refractivity contribution >= 4 is 11.8 Å². The Morgan fingerprint density at radius 2 is 1.35 bits per heavy atom. The molecule has 240 valence electrons. The van der Waals surface area contributed by atoms with E-state index in [-0.39, 0.29) is 11.8 Å². The number of carbonyl (C=O) groups is 2. The fourth-order valence-corrected chi connectivity index (χ4v) is 7.50. The third kappa shape index (κ3) is 6.42. The van der Waals surface area contributed by atoms with E-state index in [1.54, 1.807) is 0 Å². The van der Waals surface area contributed by atoms with E-state index in [1.165, 1.54) is 45.6 Å². The quantitative estimate of drug-likeness (QED) is 0.181. The molecule has 4 aromatic rings. The fraction of sp³-hybridized carbons (Fsp3) is 0.415. The van der Waals surface area contributed by atoms with Gasteiger partial charge in [0.25, 0.3) is 5.91 Å². The maximum Gasteiger partial charge on any atom is 0.254 e. The zero-order valence-corrected chi connectivity index (χ0v) is 28.2. The van der Waals surface area contributed by atoms with Gasteiger partial charge < -0.3 is 14.4 Å². The molecule has 0 bridgehead atoms. The van der Waals surface area contributed by atoms with Gasteiger partial charge in [0.2, 0.25) is 5.91 Å². The Labute approximate surface area is 275 Å². The normalized spacial score (nSPS) is 14.3. The minimum Gasteiger partial charge on any atom is -0.347 e. The summed E-state index contributed by atoms with van der Waals surface area (Å²) in [6.07, 6.45) is 8.76. The Morgan fingerprint density at radius 3 is 2.09 bits per heavy atom. The largest absolute Gasteiger partial charge is 0.347 e. The number of rotatable bonds is 10. The molecule has 0 fully saturated rings. The van der Waals surface area contributed by atoms with E-state index in [4.69, 9.17) is 0 Å². The second-order valence-corrected chi connectivity index (χ2v) is 13.3. The predicted molar refractivity (Wildman–Crippen MR) is 187 cm³/mol. The van der Waals surface area contributed by atoms with Crippen LogP contribution in [0.15, 0.2) is 66.7 Å². The van der Waals surface area contributed by atoms with E-state index in [2.05, 4.69) is 68.8 Å². The maximum atomic E-state index is 14.7. The molecule has 0 aliphatic carbocycles. The van der Waals surface area contributed by atoms with Gasteiger partial charge in [-0.15, -0.1) is 0 Å². The van der Waals surface area contributed by atoms with Gasteiger partial charge in [-0.05, 0) is 96.5 Å². The van der Waals surface area contributed by atoms with Crippen LogP contribution < -0.4 is 0 Å². The van der Waals surface area contributed by atoms with Crippen molar-refractivity contribution in [3.8, 4) is 11.3 Å². The van der Waals surface area contributed by atoms with Crippen LogP contribution in [-0.2, 0) is 57.0 Å². The lowest BCUT2D eigenvalue weighted by molar-refractivity contribution is -0.131. The topological polar surface area (TPSA) is 45.6 Å². The second kappa shape index (κ2) is 14.1. The molecule has 1 aromatic heterocycles. The minimum atomic E-state index is 0.0930. The minimum absolute atomic E-state index is 0.0930. The summed E-state index contributed by atoms with van der Waals surface area (Å²) in [6, 6.07) is 23.0. The van der Waals surface area contributed by atoms with E-state index >= 15 is 0 Å². The van der Waals surface area contributed by atoms with Crippen LogP contribution >= 0.6 is 0 Å². The highest BCUT2D eigenvalue weighted by molar-refractivity contribution is 6.01.